The second kappa shape index (κ2) is 7.97. The molecule has 4 heterocycles. The Kier molecular flexibility index (Phi) is 5.00. The lowest BCUT2D eigenvalue weighted by atomic mass is 10.2. The van der Waals surface area contributed by atoms with Crippen LogP contribution in [0.1, 0.15) is 17.7 Å². The second-order valence-corrected chi connectivity index (χ2v) is 7.31. The number of nitrogens with two attached hydrogens (primary N) is 1. The fourth-order valence-electron chi connectivity index (χ4n) is 3.48. The molecule has 160 valence electrons. The summed E-state index contributed by atoms with van der Waals surface area (Å²) in [5, 5.41) is 7.39. The summed E-state index contributed by atoms with van der Waals surface area (Å²) in [6, 6.07) is 8.71. The van der Waals surface area contributed by atoms with E-state index in [4.69, 9.17) is 19.6 Å². The summed E-state index contributed by atoms with van der Waals surface area (Å²) in [5.41, 5.74) is 7.54. The van der Waals surface area contributed by atoms with Crippen molar-refractivity contribution in [2.45, 2.75) is 26.1 Å². The fraction of sp³-hybridized carbons (Fsp3) is 0.286. The smallest absolute Gasteiger partial charge is 0.224 e. The maximum atomic E-state index is 15.1. The molecule has 10 heteroatoms. The summed E-state index contributed by atoms with van der Waals surface area (Å²) >= 11 is 0. The van der Waals surface area contributed by atoms with Gasteiger partial charge in [-0.1, -0.05) is 12.1 Å². The highest BCUT2D eigenvalue weighted by atomic mass is 19.1. The van der Waals surface area contributed by atoms with Crippen LogP contribution >= 0.6 is 0 Å². The van der Waals surface area contributed by atoms with Gasteiger partial charge in [-0.15, -0.1) is 0 Å². The summed E-state index contributed by atoms with van der Waals surface area (Å²) in [4.78, 5) is 8.51. The standard InChI is InChI=1S/C21H21FN6O3/c1-12-5-6-17(31-12)20-27-21(23)26-19-16(9-24-28(19)20)25-15-4-2-3-13(18(15)22)10-30-14-7-8-29-11-14/h2-6,9,14,25H,7-8,10-11H2,1H3,(H2,23,26)/t14-/m0/s1. The highest BCUT2D eigenvalue weighted by Crippen LogP contribution is 2.28. The van der Waals surface area contributed by atoms with Gasteiger partial charge in [0.25, 0.3) is 0 Å². The third-order valence-corrected chi connectivity index (χ3v) is 5.06. The zero-order valence-corrected chi connectivity index (χ0v) is 16.8. The van der Waals surface area contributed by atoms with Gasteiger partial charge in [-0.05, 0) is 31.5 Å². The Morgan fingerprint density at radius 1 is 1.26 bits per heavy atom. The predicted octanol–water partition coefficient (Wildman–Crippen LogP) is 3.46. The Morgan fingerprint density at radius 3 is 2.94 bits per heavy atom. The largest absolute Gasteiger partial charge is 0.458 e. The van der Waals surface area contributed by atoms with E-state index < -0.39 is 5.82 Å². The highest BCUT2D eigenvalue weighted by Gasteiger charge is 2.19. The normalized spacial score (nSPS) is 16.3. The topological polar surface area (TPSA) is 113 Å². The van der Waals surface area contributed by atoms with Crippen LogP contribution in [0.4, 0.5) is 21.7 Å². The average Bonchev–Trinajstić information content (AvgIpc) is 3.50. The van der Waals surface area contributed by atoms with Crippen LogP contribution in [0.2, 0.25) is 0 Å². The Balaban J connectivity index is 1.44. The number of benzene rings is 1. The van der Waals surface area contributed by atoms with E-state index in [0.29, 0.717) is 41.7 Å². The fourth-order valence-corrected chi connectivity index (χ4v) is 3.48. The number of aromatic nitrogens is 4. The van der Waals surface area contributed by atoms with Crippen LogP contribution in [0.15, 0.2) is 40.9 Å². The molecule has 1 atom stereocenters. The molecule has 9 nitrogen and oxygen atoms in total. The molecule has 0 bridgehead atoms. The molecule has 0 unspecified atom stereocenters. The van der Waals surface area contributed by atoms with Crippen molar-refractivity contribution < 1.29 is 18.3 Å². The van der Waals surface area contributed by atoms with Gasteiger partial charge in [0.15, 0.2) is 17.2 Å². The number of nitrogens with one attached hydrogen (secondary N) is 1. The minimum atomic E-state index is -0.398. The molecule has 1 aliphatic heterocycles. The number of anilines is 3. The van der Waals surface area contributed by atoms with Gasteiger partial charge >= 0.3 is 0 Å². The van der Waals surface area contributed by atoms with Crippen LogP contribution in [0, 0.1) is 12.7 Å². The molecule has 0 radical (unpaired) electrons. The Hall–Kier alpha value is -3.50. The van der Waals surface area contributed by atoms with E-state index in [2.05, 4.69) is 20.4 Å². The van der Waals surface area contributed by atoms with Crippen LogP contribution in [0.5, 0.6) is 0 Å². The maximum absolute atomic E-state index is 15.1. The van der Waals surface area contributed by atoms with Crippen molar-refractivity contribution in [3.05, 3.63) is 53.7 Å². The predicted molar refractivity (Wildman–Crippen MR) is 111 cm³/mol. The molecule has 0 amide bonds. The summed E-state index contributed by atoms with van der Waals surface area (Å²) in [6.07, 6.45) is 2.36. The number of halogens is 1. The zero-order chi connectivity index (χ0) is 21.4. The quantitative estimate of drug-likeness (QED) is 0.484. The first kappa shape index (κ1) is 19.5. The zero-order valence-electron chi connectivity index (χ0n) is 16.8. The number of nitrogens with zero attached hydrogens (tertiary/aromatic N) is 4. The molecule has 0 saturated carbocycles. The van der Waals surface area contributed by atoms with Gasteiger partial charge in [-0.3, -0.25) is 0 Å². The molecule has 3 aromatic heterocycles. The van der Waals surface area contributed by atoms with Crippen LogP contribution in [-0.2, 0) is 16.1 Å². The minimum Gasteiger partial charge on any atom is -0.458 e. The van der Waals surface area contributed by atoms with Gasteiger partial charge in [0.2, 0.25) is 11.8 Å². The van der Waals surface area contributed by atoms with Gasteiger partial charge < -0.3 is 24.9 Å². The van der Waals surface area contributed by atoms with E-state index in [0.717, 1.165) is 12.2 Å². The number of fused-ring (bicyclic) bond motifs is 1. The Bertz CT molecular complexity index is 1230. The highest BCUT2D eigenvalue weighted by molar-refractivity contribution is 5.75. The molecule has 1 aromatic carbocycles. The summed E-state index contributed by atoms with van der Waals surface area (Å²) in [6.45, 7) is 3.22. The number of aryl methyl sites for hydroxylation is 1. The van der Waals surface area contributed by atoms with Crippen LogP contribution in [-0.4, -0.2) is 38.9 Å². The number of ether oxygens (including phenoxy) is 2. The molecule has 5 rings (SSSR count). The number of hydrogen-bond acceptors (Lipinski definition) is 8. The summed E-state index contributed by atoms with van der Waals surface area (Å²) in [7, 11) is 0. The molecule has 1 fully saturated rings. The van der Waals surface area contributed by atoms with Crippen molar-refractivity contribution in [3.8, 4) is 11.6 Å². The molecule has 1 aliphatic rings. The SMILES string of the molecule is Cc1ccc(-c2nc(N)nc3c(Nc4cccc(CO[C@H]5CCOC5)c4F)cnn23)o1. The van der Waals surface area contributed by atoms with E-state index >= 15 is 4.39 Å². The molecule has 4 aromatic rings. The first-order chi connectivity index (χ1) is 15.1. The van der Waals surface area contributed by atoms with Crippen molar-refractivity contribution in [1.29, 1.82) is 0 Å². The number of hydrogen-bond donors (Lipinski definition) is 2. The van der Waals surface area contributed by atoms with Crippen LogP contribution in [0.3, 0.4) is 0 Å². The summed E-state index contributed by atoms with van der Waals surface area (Å²) in [5.74, 6) is 1.31. The van der Waals surface area contributed by atoms with Gasteiger partial charge in [0.1, 0.15) is 11.4 Å². The lowest BCUT2D eigenvalue weighted by Crippen LogP contribution is -2.12. The monoisotopic (exact) mass is 424 g/mol. The molecule has 0 spiro atoms. The molecule has 3 N–H and O–H groups in total. The minimum absolute atomic E-state index is 0.000957. The molecule has 0 aliphatic carbocycles. The maximum Gasteiger partial charge on any atom is 0.224 e. The number of rotatable bonds is 6. The van der Waals surface area contributed by atoms with Crippen LogP contribution < -0.4 is 11.1 Å². The van der Waals surface area contributed by atoms with Crippen molar-refractivity contribution in [3.63, 3.8) is 0 Å². The third kappa shape index (κ3) is 3.82. The average molecular weight is 424 g/mol. The number of nitrogen functional groups attached to an aromatic ring is 1. The molecular weight excluding hydrogens is 403 g/mol. The second-order valence-electron chi connectivity index (χ2n) is 7.31. The van der Waals surface area contributed by atoms with E-state index in [1.54, 1.807) is 30.5 Å². The van der Waals surface area contributed by atoms with Crippen molar-refractivity contribution in [1.82, 2.24) is 19.6 Å². The van der Waals surface area contributed by atoms with E-state index in [1.807, 2.05) is 13.0 Å². The Morgan fingerprint density at radius 2 is 2.16 bits per heavy atom. The van der Waals surface area contributed by atoms with E-state index in [1.165, 1.54) is 4.52 Å². The Labute approximate surface area is 177 Å². The van der Waals surface area contributed by atoms with Gasteiger partial charge in [0, 0.05) is 12.2 Å². The molecular formula is C21H21FN6O3. The van der Waals surface area contributed by atoms with Crippen molar-refractivity contribution in [2.24, 2.45) is 0 Å². The van der Waals surface area contributed by atoms with Crippen molar-refractivity contribution in [2.75, 3.05) is 24.3 Å². The lowest BCUT2D eigenvalue weighted by Gasteiger charge is -2.13. The first-order valence-corrected chi connectivity index (χ1v) is 9.90. The third-order valence-electron chi connectivity index (χ3n) is 5.06. The molecule has 1 saturated heterocycles. The van der Waals surface area contributed by atoms with Crippen molar-refractivity contribution >= 4 is 23.0 Å². The first-order valence-electron chi connectivity index (χ1n) is 9.90. The van der Waals surface area contributed by atoms with E-state index in [-0.39, 0.29) is 24.3 Å². The van der Waals surface area contributed by atoms with E-state index in [9.17, 15) is 0 Å². The number of furan rings is 1. The van der Waals surface area contributed by atoms with Crippen LogP contribution in [0.25, 0.3) is 17.2 Å². The van der Waals surface area contributed by atoms with Gasteiger partial charge in [-0.25, -0.2) is 4.39 Å². The summed E-state index contributed by atoms with van der Waals surface area (Å²) < 4.78 is 33.3. The molecule has 31 heavy (non-hydrogen) atoms. The lowest BCUT2D eigenvalue weighted by molar-refractivity contribution is 0.0305. The van der Waals surface area contributed by atoms with Gasteiger partial charge in [0.05, 0.1) is 31.2 Å². The van der Waals surface area contributed by atoms with Gasteiger partial charge in [-0.2, -0.15) is 19.6 Å².